The molecule has 2 saturated heterocycles. The number of nitrogens with one attached hydrogen (secondary N) is 1. The molecule has 0 radical (unpaired) electrons. The molecule has 3 unspecified atom stereocenters. The molecule has 0 aromatic rings. The number of hydrogen-bond donors (Lipinski definition) is 3. The van der Waals surface area contributed by atoms with Crippen molar-refractivity contribution >= 4 is 29.5 Å². The quantitative estimate of drug-likeness (QED) is 0.462. The summed E-state index contributed by atoms with van der Waals surface area (Å²) >= 11 is 1.41. The Hall–Kier alpha value is -1.28. The van der Waals surface area contributed by atoms with E-state index in [1.165, 1.54) is 16.7 Å². The molecule has 2 aliphatic rings. The van der Waals surface area contributed by atoms with E-state index in [0.29, 0.717) is 12.8 Å². The molecule has 7 nitrogen and oxygen atoms in total. The average Bonchev–Trinajstić information content (AvgIpc) is 2.65. The average molecular weight is 316 g/mol. The molecule has 0 aliphatic carbocycles. The number of carbonyl (C=O) groups excluding carboxylic acids is 2. The van der Waals surface area contributed by atoms with Gasteiger partial charge >= 0.3 is 5.97 Å². The first-order chi connectivity index (χ1) is 9.79. The summed E-state index contributed by atoms with van der Waals surface area (Å²) in [6.07, 6.45) is 1.37. The van der Waals surface area contributed by atoms with Crippen LogP contribution < -0.4 is 5.32 Å². The van der Waals surface area contributed by atoms with Gasteiger partial charge in [0.2, 0.25) is 11.8 Å². The Kier molecular flexibility index (Phi) is 4.48. The molecule has 0 saturated carbocycles. The molecule has 2 fully saturated rings. The third-order valence-corrected chi connectivity index (χ3v) is 5.37. The molecule has 2 heterocycles. The van der Waals surface area contributed by atoms with E-state index < -0.39 is 22.8 Å². The maximum absolute atomic E-state index is 12.1. The molecule has 0 aromatic carbocycles. The molecule has 2 rings (SSSR count). The van der Waals surface area contributed by atoms with Gasteiger partial charge in [0.25, 0.3) is 0 Å². The van der Waals surface area contributed by atoms with Crippen LogP contribution in [0.3, 0.4) is 0 Å². The molecular formula is C13H20N2O5S. The van der Waals surface area contributed by atoms with Crippen molar-refractivity contribution in [3.63, 3.8) is 0 Å². The largest absolute Gasteiger partial charge is 0.480 e. The number of β-lactam (4-membered cyclic amide) rings is 1. The summed E-state index contributed by atoms with van der Waals surface area (Å²) in [7, 11) is 0. The first-order valence-corrected chi connectivity index (χ1v) is 7.80. The van der Waals surface area contributed by atoms with Crippen LogP contribution in [0.5, 0.6) is 0 Å². The molecule has 3 atom stereocenters. The number of rotatable bonds is 6. The Balaban J connectivity index is 1.97. The Bertz CT molecular complexity index is 467. The Morgan fingerprint density at radius 3 is 2.62 bits per heavy atom. The Labute approximate surface area is 127 Å². The highest BCUT2D eigenvalue weighted by Crippen LogP contribution is 2.50. The number of nitrogens with zero attached hydrogens (tertiary/aromatic N) is 1. The van der Waals surface area contributed by atoms with Crippen LogP contribution >= 0.6 is 11.8 Å². The molecule has 0 spiro atoms. The highest BCUT2D eigenvalue weighted by Gasteiger charge is 2.64. The zero-order valence-corrected chi connectivity index (χ0v) is 12.9. The number of unbranched alkanes of at least 4 members (excludes halogenated alkanes) is 1. The van der Waals surface area contributed by atoms with E-state index in [9.17, 15) is 19.5 Å². The molecule has 2 amide bonds. The van der Waals surface area contributed by atoms with E-state index in [4.69, 9.17) is 5.11 Å². The molecule has 118 valence electrons. The molecule has 0 aromatic heterocycles. The topological polar surface area (TPSA) is 107 Å². The lowest BCUT2D eigenvalue weighted by Crippen LogP contribution is -2.70. The summed E-state index contributed by atoms with van der Waals surface area (Å²) in [6.45, 7) is 3.63. The van der Waals surface area contributed by atoms with Crippen LogP contribution in [0.15, 0.2) is 0 Å². The van der Waals surface area contributed by atoms with Crippen molar-refractivity contribution in [3.05, 3.63) is 0 Å². The number of carbonyl (C=O) groups is 3. The zero-order chi connectivity index (χ0) is 15.8. The predicted octanol–water partition coefficient (Wildman–Crippen LogP) is -0.219. The lowest BCUT2D eigenvalue weighted by atomic mass is 9.96. The van der Waals surface area contributed by atoms with E-state index in [-0.39, 0.29) is 30.2 Å². The minimum Gasteiger partial charge on any atom is -0.480 e. The summed E-state index contributed by atoms with van der Waals surface area (Å²) < 4.78 is -0.581. The number of aliphatic carboxylic acids is 1. The van der Waals surface area contributed by atoms with Crippen molar-refractivity contribution in [3.8, 4) is 0 Å². The summed E-state index contributed by atoms with van der Waals surface area (Å²) in [4.78, 5) is 36.5. The van der Waals surface area contributed by atoms with Gasteiger partial charge in [-0.1, -0.05) is 0 Å². The number of amides is 2. The van der Waals surface area contributed by atoms with Gasteiger partial charge in [0.1, 0.15) is 17.5 Å². The monoisotopic (exact) mass is 316 g/mol. The minimum absolute atomic E-state index is 0.0381. The normalized spacial score (nSPS) is 29.8. The van der Waals surface area contributed by atoms with E-state index in [1.807, 2.05) is 0 Å². The van der Waals surface area contributed by atoms with E-state index in [1.54, 1.807) is 13.8 Å². The van der Waals surface area contributed by atoms with Crippen molar-refractivity contribution in [2.75, 3.05) is 6.61 Å². The van der Waals surface area contributed by atoms with Gasteiger partial charge in [-0.3, -0.25) is 9.59 Å². The van der Waals surface area contributed by atoms with E-state index in [0.717, 1.165) is 0 Å². The van der Waals surface area contributed by atoms with Crippen molar-refractivity contribution in [2.24, 2.45) is 0 Å². The SMILES string of the molecule is CC1(C)SC2C(NC(=O)CCCCO)C(=O)N2C1C(=O)O. The second kappa shape index (κ2) is 5.84. The summed E-state index contributed by atoms with van der Waals surface area (Å²) in [5.74, 6) is -1.59. The third kappa shape index (κ3) is 2.87. The Morgan fingerprint density at radius 1 is 1.38 bits per heavy atom. The maximum atomic E-state index is 12.1. The van der Waals surface area contributed by atoms with Crippen molar-refractivity contribution in [1.29, 1.82) is 0 Å². The van der Waals surface area contributed by atoms with Crippen LogP contribution in [0.4, 0.5) is 0 Å². The van der Waals surface area contributed by atoms with E-state index in [2.05, 4.69) is 5.32 Å². The third-order valence-electron chi connectivity index (χ3n) is 3.80. The van der Waals surface area contributed by atoms with Gasteiger partial charge in [-0.05, 0) is 26.7 Å². The van der Waals surface area contributed by atoms with Gasteiger partial charge in [0, 0.05) is 17.8 Å². The fourth-order valence-corrected chi connectivity index (χ4v) is 4.41. The molecule has 2 aliphatic heterocycles. The van der Waals surface area contributed by atoms with Crippen LogP contribution in [0, 0.1) is 0 Å². The zero-order valence-electron chi connectivity index (χ0n) is 12.0. The molecule has 21 heavy (non-hydrogen) atoms. The number of thioether (sulfide) groups is 1. The second-order valence-electron chi connectivity index (χ2n) is 5.82. The summed E-state index contributed by atoms with van der Waals surface area (Å²) in [5.41, 5.74) is 0. The molecule has 0 bridgehead atoms. The van der Waals surface area contributed by atoms with Gasteiger partial charge < -0.3 is 20.4 Å². The predicted molar refractivity (Wildman–Crippen MR) is 76.6 cm³/mol. The standard InChI is InChI=1S/C13H20N2O5S/c1-13(2)9(12(19)20)15-10(18)8(11(15)21-13)14-7(17)5-3-4-6-16/h8-9,11,16H,3-6H2,1-2H3,(H,14,17)(H,19,20). The number of carboxylic acid groups (broad SMARTS) is 1. The summed E-state index contributed by atoms with van der Waals surface area (Å²) in [5, 5.41) is 20.3. The highest BCUT2D eigenvalue weighted by atomic mass is 32.2. The smallest absolute Gasteiger partial charge is 0.327 e. The molecule has 3 N–H and O–H groups in total. The lowest BCUT2D eigenvalue weighted by Gasteiger charge is -2.43. The van der Waals surface area contributed by atoms with E-state index >= 15 is 0 Å². The van der Waals surface area contributed by atoms with Crippen LogP contribution in [-0.4, -0.2) is 61.7 Å². The highest BCUT2D eigenvalue weighted by molar-refractivity contribution is 8.01. The van der Waals surface area contributed by atoms with Gasteiger partial charge in [0.05, 0.1) is 0 Å². The molecule has 8 heteroatoms. The van der Waals surface area contributed by atoms with Gasteiger partial charge in [-0.15, -0.1) is 11.8 Å². The van der Waals surface area contributed by atoms with Crippen LogP contribution in [0.2, 0.25) is 0 Å². The minimum atomic E-state index is -1.02. The second-order valence-corrected chi connectivity index (χ2v) is 7.59. The first-order valence-electron chi connectivity index (χ1n) is 6.92. The number of aliphatic hydroxyl groups is 1. The van der Waals surface area contributed by atoms with Crippen LogP contribution in [0.1, 0.15) is 33.1 Å². The lowest BCUT2D eigenvalue weighted by molar-refractivity contribution is -0.161. The van der Waals surface area contributed by atoms with Crippen LogP contribution in [-0.2, 0) is 14.4 Å². The number of carboxylic acids is 1. The first kappa shape index (κ1) is 16.1. The van der Waals surface area contributed by atoms with Crippen LogP contribution in [0.25, 0.3) is 0 Å². The fourth-order valence-electron chi connectivity index (χ4n) is 2.79. The number of aliphatic hydroxyl groups excluding tert-OH is 1. The van der Waals surface area contributed by atoms with Crippen molar-refractivity contribution < 1.29 is 24.6 Å². The fraction of sp³-hybridized carbons (Fsp3) is 0.769. The Morgan fingerprint density at radius 2 is 2.05 bits per heavy atom. The number of fused-ring (bicyclic) bond motifs is 1. The molecular weight excluding hydrogens is 296 g/mol. The van der Waals surface area contributed by atoms with Gasteiger partial charge in [-0.2, -0.15) is 0 Å². The van der Waals surface area contributed by atoms with Gasteiger partial charge in [0.15, 0.2) is 0 Å². The number of hydrogen-bond acceptors (Lipinski definition) is 5. The summed E-state index contributed by atoms with van der Waals surface area (Å²) in [6, 6.07) is -1.50. The van der Waals surface area contributed by atoms with Crippen molar-refractivity contribution in [1.82, 2.24) is 10.2 Å². The maximum Gasteiger partial charge on any atom is 0.327 e. The van der Waals surface area contributed by atoms with Crippen molar-refractivity contribution in [2.45, 2.75) is 55.3 Å². The van der Waals surface area contributed by atoms with Gasteiger partial charge in [-0.25, -0.2) is 4.79 Å².